The predicted molar refractivity (Wildman–Crippen MR) is 92.2 cm³/mol. The molecular formula is C18H19N3O4. The van der Waals surface area contributed by atoms with Crippen molar-refractivity contribution in [2.75, 3.05) is 7.05 Å². The number of aryl methyl sites for hydroxylation is 1. The smallest absolute Gasteiger partial charge is 0.285 e. The van der Waals surface area contributed by atoms with Crippen molar-refractivity contribution >= 4 is 11.6 Å². The van der Waals surface area contributed by atoms with Crippen molar-refractivity contribution in [3.8, 4) is 0 Å². The number of benzene rings is 1. The summed E-state index contributed by atoms with van der Waals surface area (Å²) in [5, 5.41) is 10.9. The van der Waals surface area contributed by atoms with Crippen LogP contribution in [-0.2, 0) is 17.8 Å². The molecule has 0 saturated carbocycles. The molecule has 0 spiro atoms. The lowest BCUT2D eigenvalue weighted by Gasteiger charge is -2.33. The van der Waals surface area contributed by atoms with Crippen molar-refractivity contribution in [2.24, 2.45) is 0 Å². The molecular weight excluding hydrogens is 322 g/mol. The van der Waals surface area contributed by atoms with Crippen LogP contribution in [0, 0.1) is 10.1 Å². The largest absolute Gasteiger partial charge is 0.337 e. The highest BCUT2D eigenvalue weighted by atomic mass is 16.6. The van der Waals surface area contributed by atoms with E-state index in [-0.39, 0.29) is 24.2 Å². The first kappa shape index (κ1) is 16.9. The third-order valence-electron chi connectivity index (χ3n) is 4.68. The van der Waals surface area contributed by atoms with E-state index in [1.165, 1.54) is 5.56 Å². The third-order valence-corrected chi connectivity index (χ3v) is 4.68. The molecule has 1 atom stereocenters. The number of carbonyl (C=O) groups is 1. The van der Waals surface area contributed by atoms with Gasteiger partial charge in [0.05, 0.1) is 17.2 Å². The first-order valence-corrected chi connectivity index (χ1v) is 8.15. The topological polar surface area (TPSA) is 85.4 Å². The maximum atomic E-state index is 12.7. The maximum Gasteiger partial charge on any atom is 0.285 e. The SMILES string of the molecule is CN(C(=O)Cn1cc([N+](=O)[O-])ccc1=O)[C@@H]1CCCc2ccccc21. The van der Waals surface area contributed by atoms with Crippen molar-refractivity contribution in [3.63, 3.8) is 0 Å². The Morgan fingerprint density at radius 3 is 2.84 bits per heavy atom. The first-order valence-electron chi connectivity index (χ1n) is 8.15. The van der Waals surface area contributed by atoms with Gasteiger partial charge < -0.3 is 4.90 Å². The van der Waals surface area contributed by atoms with Crippen LogP contribution in [0.2, 0.25) is 0 Å². The number of carbonyl (C=O) groups excluding carboxylic acids is 1. The number of fused-ring (bicyclic) bond motifs is 1. The van der Waals surface area contributed by atoms with Gasteiger partial charge in [0.25, 0.3) is 11.2 Å². The number of nitro groups is 1. The van der Waals surface area contributed by atoms with E-state index >= 15 is 0 Å². The van der Waals surface area contributed by atoms with Crippen LogP contribution in [0.15, 0.2) is 47.4 Å². The Morgan fingerprint density at radius 1 is 1.32 bits per heavy atom. The lowest BCUT2D eigenvalue weighted by atomic mass is 9.87. The van der Waals surface area contributed by atoms with Gasteiger partial charge in [0.2, 0.25) is 5.91 Å². The summed E-state index contributed by atoms with van der Waals surface area (Å²) in [6, 6.07) is 10.3. The Balaban J connectivity index is 1.82. The molecule has 0 unspecified atom stereocenters. The van der Waals surface area contributed by atoms with Gasteiger partial charge in [-0.25, -0.2) is 0 Å². The fourth-order valence-corrected chi connectivity index (χ4v) is 3.31. The van der Waals surface area contributed by atoms with Crippen LogP contribution in [0.25, 0.3) is 0 Å². The maximum absolute atomic E-state index is 12.7. The molecule has 0 N–H and O–H groups in total. The highest BCUT2D eigenvalue weighted by Gasteiger charge is 2.26. The predicted octanol–water partition coefficient (Wildman–Crippen LogP) is 2.29. The molecule has 0 saturated heterocycles. The normalized spacial score (nSPS) is 16.1. The van der Waals surface area contributed by atoms with E-state index in [2.05, 4.69) is 6.07 Å². The Kier molecular flexibility index (Phi) is 4.65. The average molecular weight is 341 g/mol. The molecule has 0 fully saturated rings. The van der Waals surface area contributed by atoms with E-state index in [1.54, 1.807) is 11.9 Å². The Hall–Kier alpha value is -2.96. The summed E-state index contributed by atoms with van der Waals surface area (Å²) in [6.07, 6.45) is 3.97. The summed E-state index contributed by atoms with van der Waals surface area (Å²) >= 11 is 0. The second-order valence-corrected chi connectivity index (χ2v) is 6.22. The highest BCUT2D eigenvalue weighted by Crippen LogP contribution is 2.33. The van der Waals surface area contributed by atoms with Crippen LogP contribution in [-0.4, -0.2) is 27.3 Å². The Labute approximate surface area is 144 Å². The molecule has 25 heavy (non-hydrogen) atoms. The minimum absolute atomic E-state index is 0.0353. The number of amides is 1. The van der Waals surface area contributed by atoms with Gasteiger partial charge >= 0.3 is 0 Å². The molecule has 2 aromatic rings. The molecule has 7 nitrogen and oxygen atoms in total. The van der Waals surface area contributed by atoms with Crippen LogP contribution in [0.4, 0.5) is 5.69 Å². The molecule has 3 rings (SSSR count). The van der Waals surface area contributed by atoms with Crippen molar-refractivity contribution in [1.82, 2.24) is 9.47 Å². The zero-order valence-electron chi connectivity index (χ0n) is 13.9. The molecule has 1 aliphatic rings. The summed E-state index contributed by atoms with van der Waals surface area (Å²) in [4.78, 5) is 36.5. The lowest BCUT2D eigenvalue weighted by Crippen LogP contribution is -2.37. The van der Waals surface area contributed by atoms with Gasteiger partial charge in [-0.2, -0.15) is 0 Å². The number of rotatable bonds is 4. The molecule has 1 amide bonds. The average Bonchev–Trinajstić information content (AvgIpc) is 2.62. The fourth-order valence-electron chi connectivity index (χ4n) is 3.31. The number of pyridine rings is 1. The summed E-state index contributed by atoms with van der Waals surface area (Å²) < 4.78 is 1.09. The van der Waals surface area contributed by atoms with Gasteiger partial charge in [-0.3, -0.25) is 24.3 Å². The molecule has 0 aliphatic heterocycles. The molecule has 1 aromatic heterocycles. The monoisotopic (exact) mass is 341 g/mol. The number of hydrogen-bond donors (Lipinski definition) is 0. The van der Waals surface area contributed by atoms with Crippen molar-refractivity contribution < 1.29 is 9.72 Å². The van der Waals surface area contributed by atoms with Gasteiger partial charge in [-0.05, 0) is 30.4 Å². The first-order chi connectivity index (χ1) is 12.0. The number of aromatic nitrogens is 1. The van der Waals surface area contributed by atoms with Crippen LogP contribution in [0.1, 0.15) is 30.0 Å². The van der Waals surface area contributed by atoms with E-state index in [4.69, 9.17) is 0 Å². The van der Waals surface area contributed by atoms with E-state index in [0.717, 1.165) is 47.7 Å². The van der Waals surface area contributed by atoms with Gasteiger partial charge in [-0.1, -0.05) is 24.3 Å². The van der Waals surface area contributed by atoms with Crippen LogP contribution < -0.4 is 5.56 Å². The van der Waals surface area contributed by atoms with Gasteiger partial charge in [0, 0.05) is 19.2 Å². The summed E-state index contributed by atoms with van der Waals surface area (Å²) in [5.74, 6) is -0.246. The Bertz CT molecular complexity index is 875. The Morgan fingerprint density at radius 2 is 2.08 bits per heavy atom. The van der Waals surface area contributed by atoms with Crippen molar-refractivity contribution in [3.05, 3.63) is 74.2 Å². The summed E-state index contributed by atoms with van der Waals surface area (Å²) in [7, 11) is 1.72. The third kappa shape index (κ3) is 3.45. The molecule has 1 heterocycles. The van der Waals surface area contributed by atoms with Crippen LogP contribution in [0.5, 0.6) is 0 Å². The minimum atomic E-state index is -0.582. The second-order valence-electron chi connectivity index (χ2n) is 6.22. The van der Waals surface area contributed by atoms with Gasteiger partial charge in [0.15, 0.2) is 0 Å². The minimum Gasteiger partial charge on any atom is -0.337 e. The number of hydrogen-bond acceptors (Lipinski definition) is 4. The van der Waals surface area contributed by atoms with E-state index in [0.29, 0.717) is 0 Å². The van der Waals surface area contributed by atoms with Crippen molar-refractivity contribution in [2.45, 2.75) is 31.8 Å². The van der Waals surface area contributed by atoms with Gasteiger partial charge in [0.1, 0.15) is 6.54 Å². The molecule has 130 valence electrons. The summed E-state index contributed by atoms with van der Waals surface area (Å²) in [6.45, 7) is -0.213. The standard InChI is InChI=1S/C18H19N3O4/c1-19(16-8-4-6-13-5-2-3-7-15(13)16)18(23)12-20-11-14(21(24)25)9-10-17(20)22/h2-3,5,7,9-11,16H,4,6,8,12H2,1H3/t16-/m1/s1. The molecule has 0 radical (unpaired) electrons. The van der Waals surface area contributed by atoms with Crippen LogP contribution in [0.3, 0.4) is 0 Å². The van der Waals surface area contributed by atoms with E-state index < -0.39 is 10.5 Å². The highest BCUT2D eigenvalue weighted by molar-refractivity contribution is 5.76. The van der Waals surface area contributed by atoms with Crippen LogP contribution >= 0.6 is 0 Å². The number of likely N-dealkylation sites (N-methyl/N-ethyl adjacent to an activating group) is 1. The van der Waals surface area contributed by atoms with E-state index in [9.17, 15) is 19.7 Å². The molecule has 1 aliphatic carbocycles. The fraction of sp³-hybridized carbons (Fsp3) is 0.333. The van der Waals surface area contributed by atoms with E-state index in [1.807, 2.05) is 18.2 Å². The molecule has 7 heteroatoms. The molecule has 0 bridgehead atoms. The zero-order chi connectivity index (χ0) is 18.0. The lowest BCUT2D eigenvalue weighted by molar-refractivity contribution is -0.385. The molecule has 1 aromatic carbocycles. The number of nitrogens with zero attached hydrogens (tertiary/aromatic N) is 3. The quantitative estimate of drug-likeness (QED) is 0.631. The van der Waals surface area contributed by atoms with Crippen molar-refractivity contribution in [1.29, 1.82) is 0 Å². The second kappa shape index (κ2) is 6.88. The summed E-state index contributed by atoms with van der Waals surface area (Å²) in [5.41, 5.74) is 1.73. The van der Waals surface area contributed by atoms with Gasteiger partial charge in [-0.15, -0.1) is 0 Å². The zero-order valence-corrected chi connectivity index (χ0v) is 13.9.